The molecule has 0 spiro atoms. The topological polar surface area (TPSA) is 33.3 Å². The molecule has 0 saturated carbocycles. The second-order valence-electron chi connectivity index (χ2n) is 4.23. The molecule has 0 heterocycles. The lowest BCUT2D eigenvalue weighted by atomic mass is 10.3. The van der Waals surface area contributed by atoms with E-state index in [0.29, 0.717) is 21.4 Å². The van der Waals surface area contributed by atoms with Crippen LogP contribution >= 0.6 is 47.0 Å². The van der Waals surface area contributed by atoms with Gasteiger partial charge in [0.1, 0.15) is 5.75 Å². The summed E-state index contributed by atoms with van der Waals surface area (Å²) in [4.78, 5) is 0. The third kappa shape index (κ3) is 5.35. The van der Waals surface area contributed by atoms with Gasteiger partial charge >= 0.3 is 6.61 Å². The molecular weight excluding hydrogens is 389 g/mol. The molecule has 0 aliphatic rings. The number of thiocarbonyl (C=S) groups is 1. The SMILES string of the molecule is FC(F)Oc1ccc(NC(=S)Nc2ccc(Cl)c(Cl)c2)cc1Cl. The number of alkyl halides is 2. The van der Waals surface area contributed by atoms with Gasteiger partial charge in [0.15, 0.2) is 5.11 Å². The van der Waals surface area contributed by atoms with E-state index < -0.39 is 6.61 Å². The Bertz CT molecular complexity index is 731. The first-order chi connectivity index (χ1) is 10.8. The average Bonchev–Trinajstić information content (AvgIpc) is 2.45. The van der Waals surface area contributed by atoms with Gasteiger partial charge in [0.2, 0.25) is 0 Å². The highest BCUT2D eigenvalue weighted by molar-refractivity contribution is 7.80. The second-order valence-corrected chi connectivity index (χ2v) is 5.86. The maximum atomic E-state index is 12.2. The van der Waals surface area contributed by atoms with Crippen LogP contribution in [0.2, 0.25) is 15.1 Å². The Labute approximate surface area is 151 Å². The molecule has 2 rings (SSSR count). The van der Waals surface area contributed by atoms with Crippen LogP contribution < -0.4 is 15.4 Å². The number of nitrogens with one attached hydrogen (secondary N) is 2. The van der Waals surface area contributed by atoms with Gasteiger partial charge in [0.25, 0.3) is 0 Å². The van der Waals surface area contributed by atoms with Crippen molar-refractivity contribution in [2.75, 3.05) is 10.6 Å². The lowest BCUT2D eigenvalue weighted by molar-refractivity contribution is -0.0497. The number of hydrogen-bond acceptors (Lipinski definition) is 2. The molecule has 0 aliphatic carbocycles. The lowest BCUT2D eigenvalue weighted by Gasteiger charge is -2.13. The van der Waals surface area contributed by atoms with Gasteiger partial charge in [0, 0.05) is 11.4 Å². The number of halogens is 5. The van der Waals surface area contributed by atoms with Crippen LogP contribution in [0.15, 0.2) is 36.4 Å². The molecule has 2 N–H and O–H groups in total. The summed E-state index contributed by atoms with van der Waals surface area (Å²) in [5, 5.41) is 6.88. The van der Waals surface area contributed by atoms with E-state index in [1.165, 1.54) is 18.2 Å². The second kappa shape index (κ2) is 7.97. The Balaban J connectivity index is 2.02. The smallest absolute Gasteiger partial charge is 0.387 e. The fourth-order valence-corrected chi connectivity index (χ4v) is 2.40. The predicted octanol–water partition coefficient (Wildman–Crippen LogP) is 6.06. The van der Waals surface area contributed by atoms with Gasteiger partial charge in [0.05, 0.1) is 15.1 Å². The standard InChI is InChI=1S/C14H9Cl3F2N2OS/c15-9-3-1-7(5-10(9)16)20-14(23)21-8-2-4-12(11(17)6-8)22-13(18)19/h1-6,13H,(H2,20,21,23). The Morgan fingerprint density at radius 3 is 2.00 bits per heavy atom. The lowest BCUT2D eigenvalue weighted by Crippen LogP contribution is -2.19. The number of benzene rings is 2. The molecule has 0 aromatic heterocycles. The van der Waals surface area contributed by atoms with Crippen molar-refractivity contribution >= 4 is 63.5 Å². The van der Waals surface area contributed by atoms with E-state index in [2.05, 4.69) is 15.4 Å². The van der Waals surface area contributed by atoms with Crippen LogP contribution in [0, 0.1) is 0 Å². The Morgan fingerprint density at radius 2 is 1.48 bits per heavy atom. The summed E-state index contributed by atoms with van der Waals surface area (Å²) in [5.41, 5.74) is 1.15. The van der Waals surface area contributed by atoms with Crippen molar-refractivity contribution < 1.29 is 13.5 Å². The van der Waals surface area contributed by atoms with Crippen molar-refractivity contribution in [3.05, 3.63) is 51.5 Å². The van der Waals surface area contributed by atoms with Gasteiger partial charge in [-0.3, -0.25) is 0 Å². The van der Waals surface area contributed by atoms with Crippen LogP contribution in [0.1, 0.15) is 0 Å². The Hall–Kier alpha value is -1.34. The molecule has 0 bridgehead atoms. The van der Waals surface area contributed by atoms with Crippen molar-refractivity contribution in [3.63, 3.8) is 0 Å². The van der Waals surface area contributed by atoms with Crippen LogP contribution in [-0.4, -0.2) is 11.7 Å². The fourth-order valence-electron chi connectivity index (χ4n) is 1.64. The highest BCUT2D eigenvalue weighted by atomic mass is 35.5. The third-order valence-corrected chi connectivity index (χ3v) is 3.82. The molecule has 2 aromatic carbocycles. The van der Waals surface area contributed by atoms with E-state index >= 15 is 0 Å². The van der Waals surface area contributed by atoms with E-state index in [9.17, 15) is 8.78 Å². The summed E-state index contributed by atoms with van der Waals surface area (Å²) >= 11 is 22.7. The number of anilines is 2. The van der Waals surface area contributed by atoms with Crippen molar-refractivity contribution in [3.8, 4) is 5.75 Å². The number of rotatable bonds is 4. The van der Waals surface area contributed by atoms with Crippen molar-refractivity contribution in [2.24, 2.45) is 0 Å². The summed E-state index contributed by atoms with van der Waals surface area (Å²) in [5.74, 6) is -0.115. The molecule has 0 radical (unpaired) electrons. The minimum atomic E-state index is -2.94. The van der Waals surface area contributed by atoms with Gasteiger partial charge in [-0.1, -0.05) is 34.8 Å². The highest BCUT2D eigenvalue weighted by Crippen LogP contribution is 2.29. The maximum absolute atomic E-state index is 12.2. The van der Waals surface area contributed by atoms with E-state index in [4.69, 9.17) is 47.0 Å². The first kappa shape index (κ1) is 18.0. The normalized spacial score (nSPS) is 10.5. The van der Waals surface area contributed by atoms with Crippen molar-refractivity contribution in [1.29, 1.82) is 0 Å². The maximum Gasteiger partial charge on any atom is 0.387 e. The molecule has 0 amide bonds. The molecule has 0 saturated heterocycles. The molecule has 2 aromatic rings. The summed E-state index contributed by atoms with van der Waals surface area (Å²) in [6.07, 6.45) is 0. The Kier molecular flexibility index (Phi) is 6.24. The molecule has 122 valence electrons. The fraction of sp³-hybridized carbons (Fsp3) is 0.0714. The summed E-state index contributed by atoms with van der Waals surface area (Å²) in [6, 6.07) is 9.19. The Morgan fingerprint density at radius 1 is 0.913 bits per heavy atom. The zero-order chi connectivity index (χ0) is 17.0. The van der Waals surface area contributed by atoms with Crippen LogP contribution in [-0.2, 0) is 0 Å². The molecular formula is C14H9Cl3F2N2OS. The van der Waals surface area contributed by atoms with Crippen LogP contribution in [0.3, 0.4) is 0 Å². The van der Waals surface area contributed by atoms with E-state index in [-0.39, 0.29) is 15.9 Å². The van der Waals surface area contributed by atoms with Crippen LogP contribution in [0.5, 0.6) is 5.75 Å². The molecule has 23 heavy (non-hydrogen) atoms. The summed E-state index contributed by atoms with van der Waals surface area (Å²) < 4.78 is 28.6. The monoisotopic (exact) mass is 396 g/mol. The van der Waals surface area contributed by atoms with Gasteiger partial charge in [-0.05, 0) is 48.6 Å². The number of ether oxygens (including phenoxy) is 1. The summed E-state index contributed by atoms with van der Waals surface area (Å²) in [6.45, 7) is -2.94. The molecule has 0 unspecified atom stereocenters. The molecule has 0 aliphatic heterocycles. The third-order valence-electron chi connectivity index (χ3n) is 2.58. The first-order valence-electron chi connectivity index (χ1n) is 6.12. The van der Waals surface area contributed by atoms with E-state index in [0.717, 1.165) is 0 Å². The van der Waals surface area contributed by atoms with Crippen LogP contribution in [0.4, 0.5) is 20.2 Å². The minimum Gasteiger partial charge on any atom is -0.433 e. The average molecular weight is 398 g/mol. The van der Waals surface area contributed by atoms with Crippen LogP contribution in [0.25, 0.3) is 0 Å². The zero-order valence-electron chi connectivity index (χ0n) is 11.2. The van der Waals surface area contributed by atoms with Gasteiger partial charge < -0.3 is 15.4 Å². The first-order valence-corrected chi connectivity index (χ1v) is 7.67. The molecule has 0 atom stereocenters. The number of hydrogen-bond donors (Lipinski definition) is 2. The van der Waals surface area contributed by atoms with Gasteiger partial charge in [-0.25, -0.2) is 0 Å². The van der Waals surface area contributed by atoms with E-state index in [1.54, 1.807) is 18.2 Å². The zero-order valence-corrected chi connectivity index (χ0v) is 14.3. The van der Waals surface area contributed by atoms with Crippen molar-refractivity contribution in [2.45, 2.75) is 6.61 Å². The summed E-state index contributed by atoms with van der Waals surface area (Å²) in [7, 11) is 0. The molecule has 3 nitrogen and oxygen atoms in total. The predicted molar refractivity (Wildman–Crippen MR) is 94.4 cm³/mol. The van der Waals surface area contributed by atoms with Gasteiger partial charge in [-0.2, -0.15) is 8.78 Å². The van der Waals surface area contributed by atoms with Crippen molar-refractivity contribution in [1.82, 2.24) is 0 Å². The molecule has 9 heteroatoms. The highest BCUT2D eigenvalue weighted by Gasteiger charge is 2.09. The van der Waals surface area contributed by atoms with E-state index in [1.807, 2.05) is 0 Å². The van der Waals surface area contributed by atoms with Gasteiger partial charge in [-0.15, -0.1) is 0 Å². The quantitative estimate of drug-likeness (QED) is 0.615. The molecule has 0 fully saturated rings. The largest absolute Gasteiger partial charge is 0.433 e. The minimum absolute atomic E-state index is 0.0348.